The molecule has 0 aromatic heterocycles. The van der Waals surface area contributed by atoms with Crippen molar-refractivity contribution in [2.45, 2.75) is 63.8 Å². The molecule has 0 atom stereocenters. The van der Waals surface area contributed by atoms with Crippen LogP contribution in [0.25, 0.3) is 0 Å². The molecule has 1 saturated heterocycles. The lowest BCUT2D eigenvalue weighted by atomic mass is 9.80. The summed E-state index contributed by atoms with van der Waals surface area (Å²) in [6, 6.07) is 5.19. The zero-order valence-electron chi connectivity index (χ0n) is 14.3. The van der Waals surface area contributed by atoms with E-state index in [1.165, 1.54) is 6.07 Å². The number of hydrogen-bond donors (Lipinski definition) is 3. The number of thiocarbonyl (C=S) groups is 1. The number of rotatable bonds is 2. The Balaban J connectivity index is 2.01. The molecule has 0 aliphatic carbocycles. The average Bonchev–Trinajstić information content (AvgIpc) is 2.33. The van der Waals surface area contributed by atoms with Crippen LogP contribution >= 0.6 is 12.2 Å². The summed E-state index contributed by atoms with van der Waals surface area (Å²) in [5, 5.41) is 10.0. The zero-order valence-corrected chi connectivity index (χ0v) is 15.2. The van der Waals surface area contributed by atoms with Gasteiger partial charge in [0.1, 0.15) is 0 Å². The Morgan fingerprint density at radius 1 is 1.17 bits per heavy atom. The van der Waals surface area contributed by atoms with Gasteiger partial charge in [-0.1, -0.05) is 6.07 Å². The van der Waals surface area contributed by atoms with Gasteiger partial charge in [0.15, 0.2) is 5.11 Å². The summed E-state index contributed by atoms with van der Waals surface area (Å²) in [5.74, 6) is 0. The van der Waals surface area contributed by atoms with Gasteiger partial charge in [-0.25, -0.2) is 0 Å². The lowest BCUT2D eigenvalue weighted by molar-refractivity contribution is -0.137. The van der Waals surface area contributed by atoms with E-state index in [1.807, 2.05) is 0 Å². The molecule has 1 aromatic rings. The Morgan fingerprint density at radius 3 is 2.29 bits per heavy atom. The van der Waals surface area contributed by atoms with Crippen LogP contribution in [0.15, 0.2) is 24.3 Å². The number of alkyl halides is 3. The van der Waals surface area contributed by atoms with Crippen LogP contribution in [0.3, 0.4) is 0 Å². The van der Waals surface area contributed by atoms with Gasteiger partial charge in [0.25, 0.3) is 0 Å². The van der Waals surface area contributed by atoms with Crippen molar-refractivity contribution in [1.82, 2.24) is 10.6 Å². The lowest BCUT2D eigenvalue weighted by Crippen LogP contribution is -2.62. The second kappa shape index (κ2) is 6.52. The molecular formula is C17H24F3N3S. The van der Waals surface area contributed by atoms with Crippen LogP contribution in [0, 0.1) is 0 Å². The van der Waals surface area contributed by atoms with Crippen LogP contribution in [0.5, 0.6) is 0 Å². The standard InChI is InChI=1S/C17H24F3N3S/c1-15(2)9-13(10-16(3,4)23-15)22-14(24)21-12-7-5-6-11(8-12)17(18,19)20/h5-8,13,23H,9-10H2,1-4H3,(H2,21,22,24). The minimum absolute atomic E-state index is 0.0365. The second-order valence-corrected chi connectivity index (χ2v) is 8.08. The fraction of sp³-hybridized carbons (Fsp3) is 0.588. The minimum Gasteiger partial charge on any atom is -0.360 e. The van der Waals surface area contributed by atoms with E-state index in [0.717, 1.165) is 25.0 Å². The second-order valence-electron chi connectivity index (χ2n) is 7.67. The summed E-state index contributed by atoms with van der Waals surface area (Å²) in [6.45, 7) is 8.52. The molecule has 0 bridgehead atoms. The number of nitrogens with one attached hydrogen (secondary N) is 3. The fourth-order valence-corrected chi connectivity index (χ4v) is 3.83. The van der Waals surface area contributed by atoms with Gasteiger partial charge in [-0.15, -0.1) is 0 Å². The monoisotopic (exact) mass is 359 g/mol. The van der Waals surface area contributed by atoms with E-state index in [4.69, 9.17) is 12.2 Å². The molecule has 1 fully saturated rings. The predicted molar refractivity (Wildman–Crippen MR) is 95.1 cm³/mol. The van der Waals surface area contributed by atoms with E-state index in [1.54, 1.807) is 6.07 Å². The van der Waals surface area contributed by atoms with Crippen LogP contribution in [-0.4, -0.2) is 22.2 Å². The van der Waals surface area contributed by atoms with E-state index in [9.17, 15) is 13.2 Å². The van der Waals surface area contributed by atoms with E-state index in [-0.39, 0.29) is 17.1 Å². The van der Waals surface area contributed by atoms with Crippen molar-refractivity contribution in [1.29, 1.82) is 0 Å². The van der Waals surface area contributed by atoms with Crippen molar-refractivity contribution in [3.8, 4) is 0 Å². The van der Waals surface area contributed by atoms with Crippen molar-refractivity contribution in [2.24, 2.45) is 0 Å². The fourth-order valence-electron chi connectivity index (χ4n) is 3.55. The maximum absolute atomic E-state index is 12.8. The Hall–Kier alpha value is -1.34. The summed E-state index contributed by atoms with van der Waals surface area (Å²) in [7, 11) is 0. The van der Waals surface area contributed by atoms with Crippen LogP contribution in [-0.2, 0) is 6.18 Å². The van der Waals surface area contributed by atoms with Gasteiger partial charge in [0, 0.05) is 22.8 Å². The average molecular weight is 359 g/mol. The normalized spacial score (nSPS) is 20.5. The van der Waals surface area contributed by atoms with Crippen molar-refractivity contribution >= 4 is 23.0 Å². The molecule has 7 heteroatoms. The highest BCUT2D eigenvalue weighted by Crippen LogP contribution is 2.31. The summed E-state index contributed by atoms with van der Waals surface area (Å²) >= 11 is 5.28. The molecular weight excluding hydrogens is 335 g/mol. The van der Waals surface area contributed by atoms with Crippen LogP contribution in [0.4, 0.5) is 18.9 Å². The minimum atomic E-state index is -4.37. The molecule has 1 heterocycles. The molecule has 3 nitrogen and oxygen atoms in total. The summed E-state index contributed by atoms with van der Waals surface area (Å²) in [5.41, 5.74) is -0.439. The van der Waals surface area contributed by atoms with Crippen molar-refractivity contribution in [3.05, 3.63) is 29.8 Å². The SMILES string of the molecule is CC1(C)CC(NC(=S)Nc2cccc(C(F)(F)F)c2)CC(C)(C)N1. The molecule has 1 aliphatic heterocycles. The van der Waals surface area contributed by atoms with Gasteiger partial charge in [0.05, 0.1) is 5.56 Å². The largest absolute Gasteiger partial charge is 0.416 e. The maximum atomic E-state index is 12.8. The van der Waals surface area contributed by atoms with Crippen LogP contribution in [0.1, 0.15) is 46.1 Å². The van der Waals surface area contributed by atoms with Gasteiger partial charge < -0.3 is 16.0 Å². The number of piperidine rings is 1. The zero-order chi connectivity index (χ0) is 18.2. The van der Waals surface area contributed by atoms with Gasteiger partial charge in [-0.05, 0) is 71.0 Å². The van der Waals surface area contributed by atoms with Crippen molar-refractivity contribution in [3.63, 3.8) is 0 Å². The van der Waals surface area contributed by atoms with Crippen LogP contribution in [0.2, 0.25) is 0 Å². The summed E-state index contributed by atoms with van der Waals surface area (Å²) in [6.07, 6.45) is -2.61. The maximum Gasteiger partial charge on any atom is 0.416 e. The van der Waals surface area contributed by atoms with Gasteiger partial charge in [-0.2, -0.15) is 13.2 Å². The Kier molecular flexibility index (Phi) is 5.16. The molecule has 3 N–H and O–H groups in total. The summed E-state index contributed by atoms with van der Waals surface area (Å²) < 4.78 is 38.3. The number of anilines is 1. The lowest BCUT2D eigenvalue weighted by Gasteiger charge is -2.46. The smallest absolute Gasteiger partial charge is 0.360 e. The van der Waals surface area contributed by atoms with E-state index >= 15 is 0 Å². The molecule has 134 valence electrons. The van der Waals surface area contributed by atoms with Gasteiger partial charge in [0.2, 0.25) is 0 Å². The van der Waals surface area contributed by atoms with E-state index in [2.05, 4.69) is 43.6 Å². The van der Waals surface area contributed by atoms with E-state index in [0.29, 0.717) is 10.8 Å². The topological polar surface area (TPSA) is 36.1 Å². The molecule has 1 aromatic carbocycles. The van der Waals surface area contributed by atoms with Crippen LogP contribution < -0.4 is 16.0 Å². The third kappa shape index (κ3) is 5.34. The Bertz CT molecular complexity index is 595. The van der Waals surface area contributed by atoms with Gasteiger partial charge >= 0.3 is 6.18 Å². The first-order chi connectivity index (χ1) is 10.9. The number of halogens is 3. The summed E-state index contributed by atoms with van der Waals surface area (Å²) in [4.78, 5) is 0. The molecule has 0 amide bonds. The Morgan fingerprint density at radius 2 is 1.75 bits per heavy atom. The molecule has 0 radical (unpaired) electrons. The highest BCUT2D eigenvalue weighted by Gasteiger charge is 2.37. The highest BCUT2D eigenvalue weighted by atomic mass is 32.1. The van der Waals surface area contributed by atoms with Crippen molar-refractivity contribution < 1.29 is 13.2 Å². The quantitative estimate of drug-likeness (QED) is 0.688. The Labute approximate surface area is 146 Å². The molecule has 1 aliphatic rings. The highest BCUT2D eigenvalue weighted by molar-refractivity contribution is 7.80. The number of benzene rings is 1. The van der Waals surface area contributed by atoms with Crippen molar-refractivity contribution in [2.75, 3.05) is 5.32 Å². The molecule has 0 saturated carbocycles. The third-order valence-electron chi connectivity index (χ3n) is 3.97. The number of hydrogen-bond acceptors (Lipinski definition) is 2. The van der Waals surface area contributed by atoms with Gasteiger partial charge in [-0.3, -0.25) is 0 Å². The van der Waals surface area contributed by atoms with E-state index < -0.39 is 11.7 Å². The molecule has 0 unspecified atom stereocenters. The first-order valence-corrected chi connectivity index (χ1v) is 8.31. The third-order valence-corrected chi connectivity index (χ3v) is 4.19. The predicted octanol–water partition coefficient (Wildman–Crippen LogP) is 4.30. The first kappa shape index (κ1) is 19.0. The molecule has 24 heavy (non-hydrogen) atoms. The molecule has 0 spiro atoms. The molecule has 2 rings (SSSR count). The first-order valence-electron chi connectivity index (χ1n) is 7.90.